The Morgan fingerprint density at radius 1 is 1.47 bits per heavy atom. The molecule has 0 aliphatic heterocycles. The van der Waals surface area contributed by atoms with Crippen LogP contribution in [0.2, 0.25) is 5.02 Å². The number of hydrogen-bond acceptors (Lipinski definition) is 2. The highest BCUT2D eigenvalue weighted by Gasteiger charge is 2.39. The summed E-state index contributed by atoms with van der Waals surface area (Å²) in [5.74, 6) is -0.427. The summed E-state index contributed by atoms with van der Waals surface area (Å²) in [5.41, 5.74) is -0.556. The Morgan fingerprint density at radius 3 is 3.00 bits per heavy atom. The molecule has 0 spiro atoms. The minimum Gasteiger partial charge on any atom is -0.389 e. The largest absolute Gasteiger partial charge is 0.389 e. The lowest BCUT2D eigenvalue weighted by molar-refractivity contribution is -0.0465. The molecule has 1 aromatic carbocycles. The van der Waals surface area contributed by atoms with Crippen molar-refractivity contribution < 1.29 is 9.50 Å². The highest BCUT2D eigenvalue weighted by molar-refractivity contribution is 6.30. The van der Waals surface area contributed by atoms with Gasteiger partial charge in [-0.1, -0.05) is 24.4 Å². The van der Waals surface area contributed by atoms with Crippen molar-refractivity contribution in [3.05, 3.63) is 34.6 Å². The molecule has 0 amide bonds. The van der Waals surface area contributed by atoms with Gasteiger partial charge >= 0.3 is 0 Å². The second-order valence-corrected chi connectivity index (χ2v) is 5.76. The fourth-order valence-corrected chi connectivity index (χ4v) is 3.13. The Labute approximate surface area is 117 Å². The zero-order valence-corrected chi connectivity index (χ0v) is 11.5. The maximum Gasteiger partial charge on any atom is 0.126 e. The molecule has 1 saturated carbocycles. The normalized spacial score (nSPS) is 26.9. The number of rotatable bonds is 3. The van der Waals surface area contributed by atoms with Gasteiger partial charge in [0, 0.05) is 23.8 Å². The molecule has 2 nitrogen and oxygen atoms in total. The molecule has 19 heavy (non-hydrogen) atoms. The van der Waals surface area contributed by atoms with Crippen LogP contribution in [0.3, 0.4) is 0 Å². The van der Waals surface area contributed by atoms with E-state index in [9.17, 15) is 9.50 Å². The van der Waals surface area contributed by atoms with Crippen molar-refractivity contribution in [2.24, 2.45) is 5.92 Å². The van der Waals surface area contributed by atoms with Crippen LogP contribution in [0.25, 0.3) is 0 Å². The van der Waals surface area contributed by atoms with Gasteiger partial charge in [-0.2, -0.15) is 5.26 Å². The van der Waals surface area contributed by atoms with Crippen molar-refractivity contribution in [2.75, 3.05) is 0 Å². The van der Waals surface area contributed by atoms with Gasteiger partial charge < -0.3 is 5.11 Å². The molecule has 0 heterocycles. The van der Waals surface area contributed by atoms with Gasteiger partial charge in [0.15, 0.2) is 0 Å². The predicted octanol–water partition coefficient (Wildman–Crippen LogP) is 3.86. The number of aliphatic hydroxyl groups is 1. The standard InChI is InChI=1S/C15H17ClFNO/c16-13-4-5-14(17)11(9-13)10-15(19)7-2-1-3-12(15)6-8-18/h4-5,9,12,19H,1-3,6-7,10H2/t12-,15-/m0/s1. The van der Waals surface area contributed by atoms with Crippen LogP contribution in [0.5, 0.6) is 0 Å². The number of halogens is 2. The third-order valence-corrected chi connectivity index (χ3v) is 4.25. The summed E-state index contributed by atoms with van der Waals surface area (Å²) >= 11 is 5.88. The van der Waals surface area contributed by atoms with E-state index in [0.717, 1.165) is 19.3 Å². The van der Waals surface area contributed by atoms with Crippen LogP contribution in [0.15, 0.2) is 18.2 Å². The molecule has 0 saturated heterocycles. The Hall–Kier alpha value is -1.11. The average molecular weight is 282 g/mol. The zero-order chi connectivity index (χ0) is 13.9. The second-order valence-electron chi connectivity index (χ2n) is 5.32. The average Bonchev–Trinajstić information content (AvgIpc) is 2.37. The molecule has 1 fully saturated rings. The van der Waals surface area contributed by atoms with Crippen LogP contribution in [-0.2, 0) is 6.42 Å². The minimum atomic E-state index is -0.987. The second kappa shape index (κ2) is 5.90. The summed E-state index contributed by atoms with van der Waals surface area (Å²) in [4.78, 5) is 0. The molecule has 1 N–H and O–H groups in total. The van der Waals surface area contributed by atoms with Gasteiger partial charge in [0.05, 0.1) is 11.7 Å². The smallest absolute Gasteiger partial charge is 0.126 e. The van der Waals surface area contributed by atoms with Crippen molar-refractivity contribution in [2.45, 2.75) is 44.1 Å². The fourth-order valence-electron chi connectivity index (χ4n) is 2.94. The van der Waals surface area contributed by atoms with Crippen LogP contribution >= 0.6 is 11.6 Å². The topological polar surface area (TPSA) is 44.0 Å². The van der Waals surface area contributed by atoms with Crippen LogP contribution in [-0.4, -0.2) is 10.7 Å². The Kier molecular flexibility index (Phi) is 4.44. The van der Waals surface area contributed by atoms with E-state index in [1.165, 1.54) is 12.1 Å². The first kappa shape index (κ1) is 14.3. The van der Waals surface area contributed by atoms with Crippen LogP contribution < -0.4 is 0 Å². The highest BCUT2D eigenvalue weighted by atomic mass is 35.5. The molecule has 0 radical (unpaired) electrons. The van der Waals surface area contributed by atoms with Crippen molar-refractivity contribution in [3.63, 3.8) is 0 Å². The monoisotopic (exact) mass is 281 g/mol. The predicted molar refractivity (Wildman–Crippen MR) is 72.3 cm³/mol. The molecule has 1 aromatic rings. The molecular formula is C15H17ClFNO. The molecule has 102 valence electrons. The molecular weight excluding hydrogens is 265 g/mol. The summed E-state index contributed by atoms with van der Waals surface area (Å²) in [6.45, 7) is 0. The van der Waals surface area contributed by atoms with Crippen LogP contribution in [0.1, 0.15) is 37.7 Å². The van der Waals surface area contributed by atoms with E-state index >= 15 is 0 Å². The third-order valence-electron chi connectivity index (χ3n) is 4.01. The summed E-state index contributed by atoms with van der Waals surface area (Å²) < 4.78 is 13.8. The Bertz CT molecular complexity index is 499. The lowest BCUT2D eigenvalue weighted by atomic mass is 9.71. The van der Waals surface area contributed by atoms with E-state index in [-0.39, 0.29) is 18.2 Å². The van der Waals surface area contributed by atoms with E-state index in [4.69, 9.17) is 16.9 Å². The van der Waals surface area contributed by atoms with Gasteiger partial charge in [-0.15, -0.1) is 0 Å². The number of hydrogen-bond donors (Lipinski definition) is 1. The number of nitriles is 1. The van der Waals surface area contributed by atoms with Gasteiger partial charge in [0.1, 0.15) is 5.82 Å². The first-order valence-electron chi connectivity index (χ1n) is 6.58. The Balaban J connectivity index is 2.23. The van der Waals surface area contributed by atoms with Crippen LogP contribution in [0.4, 0.5) is 4.39 Å². The minimum absolute atomic E-state index is 0.0790. The zero-order valence-electron chi connectivity index (χ0n) is 10.7. The van der Waals surface area contributed by atoms with Gasteiger partial charge in [-0.25, -0.2) is 4.39 Å². The quantitative estimate of drug-likeness (QED) is 0.914. The van der Waals surface area contributed by atoms with Gasteiger partial charge in [-0.3, -0.25) is 0 Å². The lowest BCUT2D eigenvalue weighted by Gasteiger charge is -2.39. The number of benzene rings is 1. The SMILES string of the molecule is N#CC[C@@H]1CCCC[C@]1(O)Cc1cc(Cl)ccc1F. The molecule has 0 bridgehead atoms. The maximum absolute atomic E-state index is 13.8. The summed E-state index contributed by atoms with van der Waals surface area (Å²) in [6, 6.07) is 6.51. The molecule has 4 heteroatoms. The third kappa shape index (κ3) is 3.26. The lowest BCUT2D eigenvalue weighted by Crippen LogP contribution is -2.42. The van der Waals surface area contributed by atoms with Crippen molar-refractivity contribution in [3.8, 4) is 6.07 Å². The van der Waals surface area contributed by atoms with E-state index in [1.54, 1.807) is 6.07 Å². The van der Waals surface area contributed by atoms with E-state index in [1.807, 2.05) is 0 Å². The van der Waals surface area contributed by atoms with Crippen LogP contribution in [0, 0.1) is 23.1 Å². The molecule has 0 aromatic heterocycles. The van der Waals surface area contributed by atoms with Crippen molar-refractivity contribution in [1.29, 1.82) is 5.26 Å². The summed E-state index contributed by atoms with van der Waals surface area (Å²) in [6.07, 6.45) is 3.93. The summed E-state index contributed by atoms with van der Waals surface area (Å²) in [7, 11) is 0. The number of nitrogens with zero attached hydrogens (tertiary/aromatic N) is 1. The highest BCUT2D eigenvalue weighted by Crippen LogP contribution is 2.38. The summed E-state index contributed by atoms with van der Waals surface area (Å²) in [5, 5.41) is 20.1. The molecule has 2 rings (SSSR count). The first-order chi connectivity index (χ1) is 9.05. The fraction of sp³-hybridized carbons (Fsp3) is 0.533. The van der Waals surface area contributed by atoms with Gasteiger partial charge in [0.2, 0.25) is 0 Å². The van der Waals surface area contributed by atoms with E-state index in [0.29, 0.717) is 23.4 Å². The van der Waals surface area contributed by atoms with E-state index in [2.05, 4.69) is 6.07 Å². The van der Waals surface area contributed by atoms with E-state index < -0.39 is 5.60 Å². The van der Waals surface area contributed by atoms with Crippen molar-refractivity contribution >= 4 is 11.6 Å². The van der Waals surface area contributed by atoms with Gasteiger partial charge in [-0.05, 0) is 36.6 Å². The Morgan fingerprint density at radius 2 is 2.26 bits per heavy atom. The van der Waals surface area contributed by atoms with Crippen molar-refractivity contribution in [1.82, 2.24) is 0 Å². The molecule has 2 atom stereocenters. The van der Waals surface area contributed by atoms with Gasteiger partial charge in [0.25, 0.3) is 0 Å². The first-order valence-corrected chi connectivity index (χ1v) is 6.96. The molecule has 1 aliphatic carbocycles. The maximum atomic E-state index is 13.8. The molecule has 1 aliphatic rings. The molecule has 0 unspecified atom stereocenters.